The van der Waals surface area contributed by atoms with Gasteiger partial charge in [0.15, 0.2) is 17.3 Å². The van der Waals surface area contributed by atoms with Crippen LogP contribution in [0.15, 0.2) is 15.0 Å². The average molecular weight is 335 g/mol. The zero-order chi connectivity index (χ0) is 17.7. The van der Waals surface area contributed by atoms with E-state index in [9.17, 15) is 4.79 Å². The van der Waals surface area contributed by atoms with Crippen molar-refractivity contribution in [3.63, 3.8) is 0 Å². The number of carbonyl (C=O) groups is 1. The molecule has 0 aromatic carbocycles. The molecule has 0 spiro atoms. The lowest BCUT2D eigenvalue weighted by Crippen LogP contribution is -2.23. The second kappa shape index (κ2) is 7.61. The molecule has 0 atom stereocenters. The van der Waals surface area contributed by atoms with Crippen LogP contribution < -0.4 is 5.32 Å². The van der Waals surface area contributed by atoms with Crippen LogP contribution in [-0.4, -0.2) is 21.6 Å². The first-order chi connectivity index (χ1) is 11.3. The van der Waals surface area contributed by atoms with Crippen LogP contribution in [0.25, 0.3) is 0 Å². The van der Waals surface area contributed by atoms with Crippen molar-refractivity contribution in [1.82, 2.24) is 15.5 Å². The van der Waals surface area contributed by atoms with Crippen molar-refractivity contribution in [2.75, 3.05) is 0 Å². The molecular weight excluding hydrogens is 310 g/mol. The summed E-state index contributed by atoms with van der Waals surface area (Å²) < 4.78 is 16.3. The third-order valence-electron chi connectivity index (χ3n) is 3.25. The molecule has 1 amide bonds. The number of ether oxygens (including phenoxy) is 1. The van der Waals surface area contributed by atoms with E-state index < -0.39 is 0 Å². The van der Waals surface area contributed by atoms with E-state index in [1.54, 1.807) is 6.07 Å². The number of nitrogens with one attached hydrogen (secondary N) is 1. The molecule has 0 saturated heterocycles. The summed E-state index contributed by atoms with van der Waals surface area (Å²) >= 11 is 0. The van der Waals surface area contributed by atoms with Gasteiger partial charge >= 0.3 is 0 Å². The van der Waals surface area contributed by atoms with E-state index >= 15 is 0 Å². The summed E-state index contributed by atoms with van der Waals surface area (Å²) in [6.07, 6.45) is 1.75. The van der Waals surface area contributed by atoms with Gasteiger partial charge in [0.2, 0.25) is 0 Å². The predicted molar refractivity (Wildman–Crippen MR) is 87.5 cm³/mol. The minimum atomic E-state index is -0.325. The van der Waals surface area contributed by atoms with Gasteiger partial charge in [0, 0.05) is 12.5 Å². The molecule has 0 aliphatic rings. The van der Waals surface area contributed by atoms with Crippen LogP contribution in [-0.2, 0) is 24.3 Å². The number of carbonyl (C=O) groups excluding carboxylic acids is 1. The van der Waals surface area contributed by atoms with Crippen LogP contribution in [0.5, 0.6) is 0 Å². The monoisotopic (exact) mass is 335 g/mol. The number of rotatable bonds is 7. The van der Waals surface area contributed by atoms with Crippen molar-refractivity contribution in [2.45, 2.75) is 66.2 Å². The summed E-state index contributed by atoms with van der Waals surface area (Å²) in [6, 6.07) is 1.58. The van der Waals surface area contributed by atoms with Crippen LogP contribution in [0.1, 0.15) is 67.7 Å². The lowest BCUT2D eigenvalue weighted by Gasteiger charge is -2.17. The largest absolute Gasteiger partial charge is 0.444 e. The van der Waals surface area contributed by atoms with Gasteiger partial charge in [-0.1, -0.05) is 12.1 Å². The average Bonchev–Trinajstić information content (AvgIpc) is 3.09. The molecule has 132 valence electrons. The number of nitrogens with zero attached hydrogens (tertiary/aromatic N) is 2. The Morgan fingerprint density at radius 2 is 2.12 bits per heavy atom. The smallest absolute Gasteiger partial charge is 0.273 e. The quantitative estimate of drug-likeness (QED) is 0.836. The fourth-order valence-electron chi connectivity index (χ4n) is 2.00. The van der Waals surface area contributed by atoms with Gasteiger partial charge in [-0.25, -0.2) is 4.98 Å². The Hall–Kier alpha value is -2.15. The predicted octanol–water partition coefficient (Wildman–Crippen LogP) is 3.17. The SMILES string of the molecule is CCCc1nc(C)c(CNC(=O)c2cc(COC(C)(C)C)on2)o1. The van der Waals surface area contributed by atoms with E-state index in [4.69, 9.17) is 13.7 Å². The van der Waals surface area contributed by atoms with Gasteiger partial charge in [0.05, 0.1) is 17.8 Å². The van der Waals surface area contributed by atoms with E-state index in [1.807, 2.05) is 27.7 Å². The van der Waals surface area contributed by atoms with E-state index in [-0.39, 0.29) is 30.4 Å². The van der Waals surface area contributed by atoms with Crippen LogP contribution in [0.3, 0.4) is 0 Å². The summed E-state index contributed by atoms with van der Waals surface area (Å²) in [5.41, 5.74) is 0.724. The number of aryl methyl sites for hydroxylation is 2. The molecule has 2 rings (SSSR count). The second-order valence-corrected chi connectivity index (χ2v) is 6.63. The van der Waals surface area contributed by atoms with Crippen LogP contribution in [0, 0.1) is 6.92 Å². The molecule has 0 fully saturated rings. The summed E-state index contributed by atoms with van der Waals surface area (Å²) in [4.78, 5) is 16.5. The molecule has 1 N–H and O–H groups in total. The van der Waals surface area contributed by atoms with Gasteiger partial charge in [-0.2, -0.15) is 0 Å². The van der Waals surface area contributed by atoms with E-state index in [2.05, 4.69) is 22.4 Å². The summed E-state index contributed by atoms with van der Waals surface area (Å²) in [5.74, 6) is 1.54. The maximum absolute atomic E-state index is 12.1. The molecule has 0 bridgehead atoms. The molecule has 7 heteroatoms. The highest BCUT2D eigenvalue weighted by molar-refractivity contribution is 5.92. The number of oxazole rings is 1. The minimum Gasteiger partial charge on any atom is -0.444 e. The van der Waals surface area contributed by atoms with Gasteiger partial charge in [-0.15, -0.1) is 0 Å². The molecule has 24 heavy (non-hydrogen) atoms. The van der Waals surface area contributed by atoms with E-state index in [1.165, 1.54) is 0 Å². The normalized spacial score (nSPS) is 11.7. The van der Waals surface area contributed by atoms with Gasteiger partial charge in [-0.05, 0) is 34.1 Å². The molecule has 0 saturated carbocycles. The van der Waals surface area contributed by atoms with Crippen LogP contribution in [0.2, 0.25) is 0 Å². The maximum Gasteiger partial charge on any atom is 0.273 e. The second-order valence-electron chi connectivity index (χ2n) is 6.63. The molecule has 0 aliphatic carbocycles. The fourth-order valence-corrected chi connectivity index (χ4v) is 2.00. The molecule has 2 heterocycles. The van der Waals surface area contributed by atoms with Crippen molar-refractivity contribution >= 4 is 5.91 Å². The minimum absolute atomic E-state index is 0.216. The van der Waals surface area contributed by atoms with Crippen LogP contribution >= 0.6 is 0 Å². The molecule has 7 nitrogen and oxygen atoms in total. The summed E-state index contributed by atoms with van der Waals surface area (Å²) in [7, 11) is 0. The number of amides is 1. The summed E-state index contributed by atoms with van der Waals surface area (Å²) in [6.45, 7) is 10.3. The van der Waals surface area contributed by atoms with Crippen molar-refractivity contribution < 1.29 is 18.5 Å². The number of hydrogen-bond donors (Lipinski definition) is 1. The first kappa shape index (κ1) is 18.2. The molecule has 0 radical (unpaired) electrons. The van der Waals surface area contributed by atoms with Crippen molar-refractivity contribution in [3.05, 3.63) is 34.9 Å². The third kappa shape index (κ3) is 5.19. The van der Waals surface area contributed by atoms with Crippen molar-refractivity contribution in [3.8, 4) is 0 Å². The first-order valence-corrected chi connectivity index (χ1v) is 8.11. The first-order valence-electron chi connectivity index (χ1n) is 8.11. The third-order valence-corrected chi connectivity index (χ3v) is 3.25. The Morgan fingerprint density at radius 1 is 1.38 bits per heavy atom. The van der Waals surface area contributed by atoms with Gasteiger partial charge in [0.1, 0.15) is 12.4 Å². The van der Waals surface area contributed by atoms with Gasteiger partial charge in [-0.3, -0.25) is 4.79 Å². The van der Waals surface area contributed by atoms with Crippen molar-refractivity contribution in [2.24, 2.45) is 0 Å². The fraction of sp³-hybridized carbons (Fsp3) is 0.588. The molecule has 0 aliphatic heterocycles. The Kier molecular flexibility index (Phi) is 5.77. The van der Waals surface area contributed by atoms with Gasteiger partial charge < -0.3 is 19.0 Å². The van der Waals surface area contributed by atoms with Crippen LogP contribution in [0.4, 0.5) is 0 Å². The summed E-state index contributed by atoms with van der Waals surface area (Å²) in [5, 5.41) is 6.53. The Bertz CT molecular complexity index is 682. The Morgan fingerprint density at radius 3 is 2.79 bits per heavy atom. The zero-order valence-electron chi connectivity index (χ0n) is 14.9. The highest BCUT2D eigenvalue weighted by Gasteiger charge is 2.17. The highest BCUT2D eigenvalue weighted by atomic mass is 16.5. The number of hydrogen-bond acceptors (Lipinski definition) is 6. The van der Waals surface area contributed by atoms with E-state index in [0.717, 1.165) is 18.5 Å². The lowest BCUT2D eigenvalue weighted by molar-refractivity contribution is -0.0241. The lowest BCUT2D eigenvalue weighted by atomic mass is 10.2. The topological polar surface area (TPSA) is 90.4 Å². The standard InChI is InChI=1S/C17H25N3O4/c1-6-7-15-19-11(2)14(23-15)9-18-16(21)13-8-12(24-20-13)10-22-17(3,4)5/h8H,6-7,9-10H2,1-5H3,(H,18,21). The highest BCUT2D eigenvalue weighted by Crippen LogP contribution is 2.14. The zero-order valence-corrected chi connectivity index (χ0v) is 14.9. The molecule has 2 aromatic heterocycles. The van der Waals surface area contributed by atoms with Gasteiger partial charge in [0.25, 0.3) is 5.91 Å². The Labute approximate surface area is 141 Å². The van der Waals surface area contributed by atoms with E-state index in [0.29, 0.717) is 17.4 Å². The van der Waals surface area contributed by atoms with Crippen molar-refractivity contribution in [1.29, 1.82) is 0 Å². The molecule has 2 aromatic rings. The Balaban J connectivity index is 1.90. The number of aromatic nitrogens is 2. The maximum atomic E-state index is 12.1. The molecule has 0 unspecified atom stereocenters. The molecular formula is C17H25N3O4.